The Labute approximate surface area is 125 Å². The van der Waals surface area contributed by atoms with Crippen LogP contribution in [0, 0.1) is 0 Å². The number of sulfonamides is 1. The molecule has 0 fully saturated rings. The lowest BCUT2D eigenvalue weighted by molar-refractivity contribution is 0.600. The number of nitrogens with two attached hydrogens (primary N) is 1. The molecule has 0 aliphatic heterocycles. The number of benzene rings is 1. The van der Waals surface area contributed by atoms with E-state index in [1.54, 1.807) is 24.4 Å². The van der Waals surface area contributed by atoms with E-state index in [1.807, 2.05) is 23.6 Å². The molecule has 2 aromatic rings. The molecule has 2 rings (SSSR count). The summed E-state index contributed by atoms with van der Waals surface area (Å²) in [5.74, 6) is 0. The van der Waals surface area contributed by atoms with Crippen molar-refractivity contribution in [3.63, 3.8) is 0 Å². The normalized spacial score (nSPS) is 11.6. The van der Waals surface area contributed by atoms with Gasteiger partial charge in [-0.25, -0.2) is 8.42 Å². The van der Waals surface area contributed by atoms with E-state index in [0.29, 0.717) is 18.8 Å². The van der Waals surface area contributed by atoms with Gasteiger partial charge in [-0.1, -0.05) is 19.1 Å². The first kappa shape index (κ1) is 15.6. The van der Waals surface area contributed by atoms with Crippen molar-refractivity contribution in [2.75, 3.05) is 4.72 Å². The summed E-state index contributed by atoms with van der Waals surface area (Å²) in [6.07, 6.45) is 2.54. The van der Waals surface area contributed by atoms with Gasteiger partial charge in [0, 0.05) is 30.7 Å². The standard InChI is InChI=1S/C15H21N3O2S/c1-3-12-5-7-13(8-6-12)17-21(19,20)15-9-14(10-16)18(4-2)11-15/h5-9,11,17H,3-4,10,16H2,1-2H3. The number of nitrogens with zero attached hydrogens (tertiary/aromatic N) is 1. The SMILES string of the molecule is CCc1ccc(NS(=O)(=O)c2cc(CN)n(CC)c2)cc1. The quantitative estimate of drug-likeness (QED) is 0.860. The second-order valence-corrected chi connectivity index (χ2v) is 6.50. The van der Waals surface area contributed by atoms with Gasteiger partial charge in [0.1, 0.15) is 4.90 Å². The first-order chi connectivity index (χ1) is 10.00. The van der Waals surface area contributed by atoms with E-state index in [1.165, 1.54) is 5.56 Å². The van der Waals surface area contributed by atoms with Crippen molar-refractivity contribution >= 4 is 15.7 Å². The van der Waals surface area contributed by atoms with E-state index in [4.69, 9.17) is 5.73 Å². The molecule has 21 heavy (non-hydrogen) atoms. The minimum absolute atomic E-state index is 0.240. The fourth-order valence-electron chi connectivity index (χ4n) is 2.16. The molecule has 0 atom stereocenters. The summed E-state index contributed by atoms with van der Waals surface area (Å²) in [6.45, 7) is 5.01. The third-order valence-electron chi connectivity index (χ3n) is 3.44. The molecule has 3 N–H and O–H groups in total. The molecule has 0 bridgehead atoms. The highest BCUT2D eigenvalue weighted by Crippen LogP contribution is 2.19. The highest BCUT2D eigenvalue weighted by atomic mass is 32.2. The molecule has 1 aromatic heterocycles. The first-order valence-corrected chi connectivity index (χ1v) is 8.49. The van der Waals surface area contributed by atoms with Crippen LogP contribution in [0.25, 0.3) is 0 Å². The maximum atomic E-state index is 12.4. The number of aryl methyl sites for hydroxylation is 2. The van der Waals surface area contributed by atoms with Crippen LogP contribution in [0.1, 0.15) is 25.1 Å². The van der Waals surface area contributed by atoms with E-state index < -0.39 is 10.0 Å². The first-order valence-electron chi connectivity index (χ1n) is 7.01. The van der Waals surface area contributed by atoms with Crippen LogP contribution < -0.4 is 10.5 Å². The zero-order valence-electron chi connectivity index (χ0n) is 12.3. The predicted molar refractivity (Wildman–Crippen MR) is 84.6 cm³/mol. The zero-order valence-corrected chi connectivity index (χ0v) is 13.2. The maximum absolute atomic E-state index is 12.4. The minimum Gasteiger partial charge on any atom is -0.349 e. The average Bonchev–Trinajstić information content (AvgIpc) is 2.92. The molecule has 0 amide bonds. The molecule has 0 saturated heterocycles. The van der Waals surface area contributed by atoms with Gasteiger partial charge in [-0.15, -0.1) is 0 Å². The van der Waals surface area contributed by atoms with Crippen molar-refractivity contribution in [1.29, 1.82) is 0 Å². The lowest BCUT2D eigenvalue weighted by Crippen LogP contribution is -2.12. The zero-order chi connectivity index (χ0) is 15.5. The van der Waals surface area contributed by atoms with Crippen LogP contribution in [0.2, 0.25) is 0 Å². The van der Waals surface area contributed by atoms with E-state index in [-0.39, 0.29) is 4.90 Å². The van der Waals surface area contributed by atoms with Gasteiger partial charge >= 0.3 is 0 Å². The van der Waals surface area contributed by atoms with Crippen molar-refractivity contribution in [3.05, 3.63) is 47.8 Å². The fourth-order valence-corrected chi connectivity index (χ4v) is 3.28. The second-order valence-electron chi connectivity index (χ2n) is 4.81. The van der Waals surface area contributed by atoms with E-state index in [0.717, 1.165) is 12.1 Å². The monoisotopic (exact) mass is 307 g/mol. The Morgan fingerprint density at radius 1 is 1.19 bits per heavy atom. The molecule has 114 valence electrons. The molecular weight excluding hydrogens is 286 g/mol. The molecule has 6 heteroatoms. The van der Waals surface area contributed by atoms with Crippen LogP contribution in [-0.4, -0.2) is 13.0 Å². The maximum Gasteiger partial charge on any atom is 0.263 e. The smallest absolute Gasteiger partial charge is 0.263 e. The van der Waals surface area contributed by atoms with Gasteiger partial charge < -0.3 is 10.3 Å². The Morgan fingerprint density at radius 3 is 2.33 bits per heavy atom. The summed E-state index contributed by atoms with van der Waals surface area (Å²) < 4.78 is 29.2. The number of hydrogen-bond donors (Lipinski definition) is 2. The third kappa shape index (κ3) is 3.46. The Hall–Kier alpha value is -1.79. The molecule has 0 radical (unpaired) electrons. The van der Waals surface area contributed by atoms with Crippen LogP contribution in [0.4, 0.5) is 5.69 Å². The van der Waals surface area contributed by atoms with E-state index in [2.05, 4.69) is 11.6 Å². The fraction of sp³-hybridized carbons (Fsp3) is 0.333. The van der Waals surface area contributed by atoms with Crippen molar-refractivity contribution in [2.24, 2.45) is 5.73 Å². The molecule has 0 spiro atoms. The molecule has 1 aromatic carbocycles. The number of hydrogen-bond acceptors (Lipinski definition) is 3. The molecule has 0 unspecified atom stereocenters. The van der Waals surface area contributed by atoms with Crippen LogP contribution in [-0.2, 0) is 29.5 Å². The van der Waals surface area contributed by atoms with Crippen molar-refractivity contribution < 1.29 is 8.42 Å². The van der Waals surface area contributed by atoms with Crippen LogP contribution in [0.5, 0.6) is 0 Å². The minimum atomic E-state index is -3.58. The number of aromatic nitrogens is 1. The Kier molecular flexibility index (Phi) is 4.69. The summed E-state index contributed by atoms with van der Waals surface area (Å²) in [6, 6.07) is 9.00. The Bertz CT molecular complexity index is 682. The number of anilines is 1. The molecular formula is C15H21N3O2S. The van der Waals surface area contributed by atoms with Crippen molar-refractivity contribution in [1.82, 2.24) is 4.57 Å². The van der Waals surface area contributed by atoms with Crippen molar-refractivity contribution in [3.8, 4) is 0 Å². The molecule has 0 saturated carbocycles. The summed E-state index contributed by atoms with van der Waals surface area (Å²) in [5, 5.41) is 0. The van der Waals surface area contributed by atoms with Gasteiger partial charge in [0.25, 0.3) is 10.0 Å². The molecule has 0 aliphatic carbocycles. The summed E-state index contributed by atoms with van der Waals surface area (Å²) >= 11 is 0. The second kappa shape index (κ2) is 6.32. The van der Waals surface area contributed by atoms with Gasteiger partial charge in [0.15, 0.2) is 0 Å². The third-order valence-corrected chi connectivity index (χ3v) is 4.78. The Morgan fingerprint density at radius 2 is 1.86 bits per heavy atom. The summed E-state index contributed by atoms with van der Waals surface area (Å²) in [7, 11) is -3.58. The van der Waals surface area contributed by atoms with Gasteiger partial charge in [0.2, 0.25) is 0 Å². The summed E-state index contributed by atoms with van der Waals surface area (Å²) in [4.78, 5) is 0.240. The lowest BCUT2D eigenvalue weighted by Gasteiger charge is -2.07. The topological polar surface area (TPSA) is 77.1 Å². The Balaban J connectivity index is 2.26. The average molecular weight is 307 g/mol. The van der Waals surface area contributed by atoms with Gasteiger partial charge in [-0.3, -0.25) is 4.72 Å². The van der Waals surface area contributed by atoms with Crippen molar-refractivity contribution in [2.45, 2.75) is 38.3 Å². The van der Waals surface area contributed by atoms with E-state index >= 15 is 0 Å². The van der Waals surface area contributed by atoms with Crippen LogP contribution in [0.15, 0.2) is 41.4 Å². The number of nitrogens with one attached hydrogen (secondary N) is 1. The predicted octanol–water partition coefficient (Wildman–Crippen LogP) is 2.33. The molecule has 0 aliphatic rings. The van der Waals surface area contributed by atoms with Crippen LogP contribution >= 0.6 is 0 Å². The molecule has 1 heterocycles. The van der Waals surface area contributed by atoms with Gasteiger partial charge in [-0.2, -0.15) is 0 Å². The van der Waals surface area contributed by atoms with Gasteiger partial charge in [-0.05, 0) is 37.1 Å². The summed E-state index contributed by atoms with van der Waals surface area (Å²) in [5.41, 5.74) is 8.16. The highest BCUT2D eigenvalue weighted by molar-refractivity contribution is 7.92. The largest absolute Gasteiger partial charge is 0.349 e. The molecule has 5 nitrogen and oxygen atoms in total. The van der Waals surface area contributed by atoms with Gasteiger partial charge in [0.05, 0.1) is 0 Å². The number of rotatable bonds is 6. The van der Waals surface area contributed by atoms with E-state index in [9.17, 15) is 8.42 Å². The lowest BCUT2D eigenvalue weighted by atomic mass is 10.2. The highest BCUT2D eigenvalue weighted by Gasteiger charge is 2.17. The van der Waals surface area contributed by atoms with Crippen LogP contribution in [0.3, 0.4) is 0 Å².